The number of likely N-dealkylation sites (N-methyl/N-ethyl adjacent to an activating group) is 1. The Balaban J connectivity index is 2.19. The summed E-state index contributed by atoms with van der Waals surface area (Å²) in [4.78, 5) is 18.5. The molecule has 0 aromatic carbocycles. The molecule has 0 aliphatic carbocycles. The Kier molecular flexibility index (Phi) is 3.43. The second kappa shape index (κ2) is 4.84. The molecule has 1 unspecified atom stereocenters. The van der Waals surface area contributed by atoms with Crippen LogP contribution in [-0.4, -0.2) is 41.5 Å². The number of likely N-dealkylation sites (tertiary alicyclic amines) is 1. The van der Waals surface area contributed by atoms with Gasteiger partial charge < -0.3 is 10.2 Å². The lowest BCUT2D eigenvalue weighted by Gasteiger charge is -2.35. The van der Waals surface area contributed by atoms with Crippen molar-refractivity contribution < 1.29 is 4.79 Å². The van der Waals surface area contributed by atoms with Gasteiger partial charge in [0.1, 0.15) is 5.69 Å². The highest BCUT2D eigenvalue weighted by atomic mass is 16.2. The van der Waals surface area contributed by atoms with Crippen molar-refractivity contribution in [2.45, 2.75) is 25.3 Å². The minimum Gasteiger partial charge on any atom is -0.331 e. The molecule has 17 heavy (non-hydrogen) atoms. The van der Waals surface area contributed by atoms with Gasteiger partial charge in [0.25, 0.3) is 5.91 Å². The van der Waals surface area contributed by atoms with Gasteiger partial charge in [0.2, 0.25) is 0 Å². The lowest BCUT2D eigenvalue weighted by atomic mass is 9.98. The number of pyridine rings is 1. The van der Waals surface area contributed by atoms with E-state index in [0.29, 0.717) is 5.69 Å². The third kappa shape index (κ3) is 2.31. The molecule has 1 aromatic heterocycles. The molecule has 1 fully saturated rings. The van der Waals surface area contributed by atoms with Crippen LogP contribution in [0.2, 0.25) is 0 Å². The average Bonchev–Trinajstić information content (AvgIpc) is 2.72. The highest BCUT2D eigenvalue weighted by Gasteiger charge is 2.39. The number of hydrogen-bond acceptors (Lipinski definition) is 3. The molecule has 1 N–H and O–H groups in total. The first kappa shape index (κ1) is 12.0. The predicted octanol–water partition coefficient (Wildman–Crippen LogP) is 1.30. The molecule has 1 amide bonds. The summed E-state index contributed by atoms with van der Waals surface area (Å²) in [7, 11) is 1.92. The van der Waals surface area contributed by atoms with Crippen molar-refractivity contribution in [1.29, 1.82) is 0 Å². The molecule has 4 heteroatoms. The summed E-state index contributed by atoms with van der Waals surface area (Å²) in [6.07, 6.45) is 3.78. The quantitative estimate of drug-likeness (QED) is 0.855. The summed E-state index contributed by atoms with van der Waals surface area (Å²) in [6.45, 7) is 3.79. The second-order valence-corrected chi connectivity index (χ2v) is 4.80. The Morgan fingerprint density at radius 2 is 2.41 bits per heavy atom. The minimum absolute atomic E-state index is 0.0425. The molecular weight excluding hydrogens is 214 g/mol. The normalized spacial score (nSPS) is 24.0. The summed E-state index contributed by atoms with van der Waals surface area (Å²) >= 11 is 0. The van der Waals surface area contributed by atoms with Crippen molar-refractivity contribution in [2.75, 3.05) is 20.1 Å². The number of carbonyl (C=O) groups is 1. The van der Waals surface area contributed by atoms with Gasteiger partial charge in [0, 0.05) is 19.3 Å². The van der Waals surface area contributed by atoms with Crippen LogP contribution >= 0.6 is 0 Å². The van der Waals surface area contributed by atoms with E-state index in [9.17, 15) is 4.79 Å². The lowest BCUT2D eigenvalue weighted by Crippen LogP contribution is -2.50. The largest absolute Gasteiger partial charge is 0.331 e. The van der Waals surface area contributed by atoms with Gasteiger partial charge in [-0.15, -0.1) is 0 Å². The van der Waals surface area contributed by atoms with Crippen LogP contribution in [0.5, 0.6) is 0 Å². The first-order valence-electron chi connectivity index (χ1n) is 6.05. The van der Waals surface area contributed by atoms with Gasteiger partial charge in [0.15, 0.2) is 0 Å². The molecule has 2 heterocycles. The third-order valence-electron chi connectivity index (χ3n) is 3.44. The van der Waals surface area contributed by atoms with Gasteiger partial charge in [-0.1, -0.05) is 6.07 Å². The first-order valence-corrected chi connectivity index (χ1v) is 6.05. The molecule has 2 rings (SSSR count). The van der Waals surface area contributed by atoms with Gasteiger partial charge in [-0.05, 0) is 38.9 Å². The van der Waals surface area contributed by atoms with Crippen LogP contribution < -0.4 is 5.32 Å². The van der Waals surface area contributed by atoms with Crippen LogP contribution in [0.4, 0.5) is 0 Å². The van der Waals surface area contributed by atoms with E-state index in [2.05, 4.69) is 17.2 Å². The molecule has 1 aromatic rings. The maximum atomic E-state index is 12.4. The summed E-state index contributed by atoms with van der Waals surface area (Å²) < 4.78 is 0. The number of rotatable bonds is 3. The van der Waals surface area contributed by atoms with Crippen molar-refractivity contribution in [3.63, 3.8) is 0 Å². The Hall–Kier alpha value is -1.42. The molecular formula is C13H19N3O. The summed E-state index contributed by atoms with van der Waals surface area (Å²) in [5.41, 5.74) is 0.459. The standard InChI is InChI=1S/C13H19N3O/c1-13(10-14-2)7-5-9-16(13)12(17)11-6-3-4-8-15-11/h3-4,6,8,14H,5,7,9-10H2,1-2H3. The maximum absolute atomic E-state index is 12.4. The van der Waals surface area contributed by atoms with Crippen LogP contribution in [-0.2, 0) is 0 Å². The van der Waals surface area contributed by atoms with E-state index in [1.54, 1.807) is 12.3 Å². The molecule has 1 saturated heterocycles. The van der Waals surface area contributed by atoms with Crippen molar-refractivity contribution in [2.24, 2.45) is 0 Å². The van der Waals surface area contributed by atoms with E-state index < -0.39 is 0 Å². The second-order valence-electron chi connectivity index (χ2n) is 4.80. The molecule has 1 aliphatic heterocycles. The average molecular weight is 233 g/mol. The predicted molar refractivity (Wildman–Crippen MR) is 66.8 cm³/mol. The highest BCUT2D eigenvalue weighted by Crippen LogP contribution is 2.29. The van der Waals surface area contributed by atoms with Crippen LogP contribution in [0.1, 0.15) is 30.3 Å². The fourth-order valence-electron chi connectivity index (χ4n) is 2.56. The van der Waals surface area contributed by atoms with E-state index in [4.69, 9.17) is 0 Å². The van der Waals surface area contributed by atoms with E-state index in [1.165, 1.54) is 0 Å². The molecule has 1 aliphatic rings. The summed E-state index contributed by atoms with van der Waals surface area (Å²) in [5.74, 6) is 0.0425. The number of hydrogen-bond donors (Lipinski definition) is 1. The third-order valence-corrected chi connectivity index (χ3v) is 3.44. The molecule has 0 spiro atoms. The summed E-state index contributed by atoms with van der Waals surface area (Å²) in [5, 5.41) is 3.17. The topological polar surface area (TPSA) is 45.2 Å². The summed E-state index contributed by atoms with van der Waals surface area (Å²) in [6, 6.07) is 5.46. The fourth-order valence-corrected chi connectivity index (χ4v) is 2.56. The number of amides is 1. The molecule has 92 valence electrons. The first-order chi connectivity index (χ1) is 8.17. The molecule has 0 radical (unpaired) electrons. The van der Waals surface area contributed by atoms with Gasteiger partial charge in [-0.3, -0.25) is 9.78 Å². The molecule has 1 atom stereocenters. The minimum atomic E-state index is -0.0800. The maximum Gasteiger partial charge on any atom is 0.272 e. The number of nitrogens with one attached hydrogen (secondary N) is 1. The van der Waals surface area contributed by atoms with Crippen molar-refractivity contribution in [3.8, 4) is 0 Å². The Labute approximate surface area is 102 Å². The zero-order valence-electron chi connectivity index (χ0n) is 10.4. The van der Waals surface area contributed by atoms with Gasteiger partial charge >= 0.3 is 0 Å². The van der Waals surface area contributed by atoms with Crippen molar-refractivity contribution >= 4 is 5.91 Å². The Morgan fingerprint density at radius 1 is 1.59 bits per heavy atom. The zero-order chi connectivity index (χ0) is 12.3. The monoisotopic (exact) mass is 233 g/mol. The Bertz CT molecular complexity index is 393. The van der Waals surface area contributed by atoms with E-state index in [0.717, 1.165) is 25.9 Å². The molecule has 4 nitrogen and oxygen atoms in total. The smallest absolute Gasteiger partial charge is 0.272 e. The highest BCUT2D eigenvalue weighted by molar-refractivity contribution is 5.93. The number of nitrogens with zero attached hydrogens (tertiary/aromatic N) is 2. The van der Waals surface area contributed by atoms with Crippen molar-refractivity contribution in [3.05, 3.63) is 30.1 Å². The van der Waals surface area contributed by atoms with Gasteiger partial charge in [0.05, 0.1) is 5.54 Å². The number of aromatic nitrogens is 1. The van der Waals surface area contributed by atoms with Crippen LogP contribution in [0.15, 0.2) is 24.4 Å². The fraction of sp³-hybridized carbons (Fsp3) is 0.538. The van der Waals surface area contributed by atoms with Gasteiger partial charge in [-0.25, -0.2) is 0 Å². The zero-order valence-corrected chi connectivity index (χ0v) is 10.4. The molecule has 0 bridgehead atoms. The molecule has 0 saturated carbocycles. The number of carbonyl (C=O) groups excluding carboxylic acids is 1. The van der Waals surface area contributed by atoms with Gasteiger partial charge in [-0.2, -0.15) is 0 Å². The SMILES string of the molecule is CNCC1(C)CCCN1C(=O)c1ccccn1. The van der Waals surface area contributed by atoms with Crippen LogP contribution in [0.3, 0.4) is 0 Å². The van der Waals surface area contributed by atoms with E-state index >= 15 is 0 Å². The Morgan fingerprint density at radius 3 is 3.06 bits per heavy atom. The lowest BCUT2D eigenvalue weighted by molar-refractivity contribution is 0.0620. The van der Waals surface area contributed by atoms with Crippen molar-refractivity contribution in [1.82, 2.24) is 15.2 Å². The van der Waals surface area contributed by atoms with Crippen LogP contribution in [0.25, 0.3) is 0 Å². The van der Waals surface area contributed by atoms with E-state index in [-0.39, 0.29) is 11.4 Å². The van der Waals surface area contributed by atoms with Crippen LogP contribution in [0, 0.1) is 0 Å². The van der Waals surface area contributed by atoms with E-state index in [1.807, 2.05) is 24.1 Å².